The van der Waals surface area contributed by atoms with Gasteiger partial charge in [-0.05, 0) is 31.5 Å². The summed E-state index contributed by atoms with van der Waals surface area (Å²) >= 11 is 0. The number of anilines is 1. The molecule has 0 bridgehead atoms. The Hall–Kier alpha value is -3.36. The quantitative estimate of drug-likeness (QED) is 0.632. The number of hydrogen-bond donors (Lipinski definition) is 1. The molecular weight excluding hydrogens is 374 g/mol. The Labute approximate surface area is 176 Å². The summed E-state index contributed by atoms with van der Waals surface area (Å²) in [6.45, 7) is 2.18. The third-order valence-corrected chi connectivity index (χ3v) is 5.44. The van der Waals surface area contributed by atoms with Gasteiger partial charge in [0.2, 0.25) is 11.8 Å². The Balaban J connectivity index is 1.67. The zero-order valence-electron chi connectivity index (χ0n) is 16.9. The first-order valence-electron chi connectivity index (χ1n) is 10.5. The van der Waals surface area contributed by atoms with E-state index in [1.807, 2.05) is 60.7 Å². The maximum Gasteiger partial charge on any atom is 0.240 e. The Kier molecular flexibility index (Phi) is 6.26. The molecule has 30 heavy (non-hydrogen) atoms. The van der Waals surface area contributed by atoms with Crippen molar-refractivity contribution in [3.05, 3.63) is 66.2 Å². The number of amides is 1. The topological polar surface area (TPSA) is 69.3 Å². The molecule has 0 radical (unpaired) electrons. The van der Waals surface area contributed by atoms with Crippen LogP contribution >= 0.6 is 0 Å². The highest BCUT2D eigenvalue weighted by molar-refractivity contribution is 5.96. The van der Waals surface area contributed by atoms with Crippen molar-refractivity contribution >= 4 is 11.8 Å². The number of furan rings is 1. The number of hydrogen-bond acceptors (Lipinski definition) is 4. The summed E-state index contributed by atoms with van der Waals surface area (Å²) < 4.78 is 6.09. The number of likely N-dealkylation sites (tertiary alicyclic amines) is 1. The van der Waals surface area contributed by atoms with Crippen LogP contribution in [-0.2, 0) is 4.79 Å². The molecule has 1 saturated heterocycles. The van der Waals surface area contributed by atoms with Crippen LogP contribution in [0.2, 0.25) is 0 Å². The highest BCUT2D eigenvalue weighted by atomic mass is 16.4. The molecule has 0 saturated carbocycles. The molecule has 1 fully saturated rings. The number of carbonyl (C=O) groups excluding carboxylic acids is 1. The van der Waals surface area contributed by atoms with Crippen LogP contribution in [0.5, 0.6) is 0 Å². The van der Waals surface area contributed by atoms with Crippen LogP contribution < -0.4 is 5.32 Å². The predicted octanol–water partition coefficient (Wildman–Crippen LogP) is 5.30. The van der Waals surface area contributed by atoms with E-state index in [0.29, 0.717) is 23.4 Å². The van der Waals surface area contributed by atoms with Gasteiger partial charge < -0.3 is 4.42 Å². The average Bonchev–Trinajstić information content (AvgIpc) is 2.94. The minimum atomic E-state index is -0.152. The number of rotatable bonds is 5. The van der Waals surface area contributed by atoms with E-state index in [4.69, 9.17) is 4.42 Å². The van der Waals surface area contributed by atoms with Crippen molar-refractivity contribution in [3.63, 3.8) is 0 Å². The minimum Gasteiger partial charge on any atom is -0.438 e. The van der Waals surface area contributed by atoms with Crippen molar-refractivity contribution in [2.24, 2.45) is 0 Å². The fourth-order valence-corrected chi connectivity index (χ4v) is 3.96. The number of benzene rings is 2. The molecule has 1 aliphatic rings. The lowest BCUT2D eigenvalue weighted by Crippen LogP contribution is -2.33. The van der Waals surface area contributed by atoms with E-state index in [0.717, 1.165) is 37.1 Å². The molecule has 152 valence electrons. The summed E-state index contributed by atoms with van der Waals surface area (Å²) in [5.74, 6) is 0.653. The molecule has 0 spiro atoms. The molecule has 5 heteroatoms. The van der Waals surface area contributed by atoms with Crippen LogP contribution in [0.15, 0.2) is 65.1 Å². The minimum absolute atomic E-state index is 0.152. The molecule has 0 atom stereocenters. The molecule has 2 aromatic carbocycles. The second kappa shape index (κ2) is 9.43. The first-order valence-corrected chi connectivity index (χ1v) is 10.5. The van der Waals surface area contributed by atoms with Crippen LogP contribution in [0.1, 0.15) is 31.2 Å². The fourth-order valence-electron chi connectivity index (χ4n) is 3.96. The van der Waals surface area contributed by atoms with Gasteiger partial charge in [0.1, 0.15) is 17.4 Å². The van der Waals surface area contributed by atoms with Crippen LogP contribution in [0.4, 0.5) is 5.88 Å². The predicted molar refractivity (Wildman–Crippen MR) is 118 cm³/mol. The molecule has 3 aromatic rings. The lowest BCUT2D eigenvalue weighted by Gasteiger charge is -2.18. The highest BCUT2D eigenvalue weighted by Gasteiger charge is 2.24. The van der Waals surface area contributed by atoms with Crippen molar-refractivity contribution < 1.29 is 9.21 Å². The van der Waals surface area contributed by atoms with Crippen molar-refractivity contribution in [3.8, 4) is 28.5 Å². The van der Waals surface area contributed by atoms with Gasteiger partial charge in [-0.2, -0.15) is 5.26 Å². The standard InChI is InChI=1S/C25H25N3O2/c26-17-21-23(19-11-5-3-6-12-19)24(20-13-7-4-8-14-20)30-25(21)27-22(29)18-28-15-9-1-2-10-16-28/h3-8,11-14H,1-2,9-10,15-16,18H2,(H,27,29). The Bertz CT molecular complexity index is 1030. The van der Waals surface area contributed by atoms with E-state index >= 15 is 0 Å². The molecule has 5 nitrogen and oxygen atoms in total. The van der Waals surface area contributed by atoms with E-state index in [9.17, 15) is 10.1 Å². The van der Waals surface area contributed by atoms with E-state index in [1.54, 1.807) is 0 Å². The number of nitriles is 1. The summed E-state index contributed by atoms with van der Waals surface area (Å²) in [7, 11) is 0. The summed E-state index contributed by atoms with van der Waals surface area (Å²) in [5, 5.41) is 12.8. The summed E-state index contributed by atoms with van der Waals surface area (Å²) in [4.78, 5) is 14.9. The van der Waals surface area contributed by atoms with Crippen molar-refractivity contribution in [2.75, 3.05) is 25.0 Å². The van der Waals surface area contributed by atoms with Gasteiger partial charge in [-0.3, -0.25) is 15.0 Å². The van der Waals surface area contributed by atoms with Crippen LogP contribution in [-0.4, -0.2) is 30.4 Å². The third-order valence-electron chi connectivity index (χ3n) is 5.44. The molecule has 1 amide bonds. The molecule has 1 aromatic heterocycles. The van der Waals surface area contributed by atoms with Crippen molar-refractivity contribution in [1.29, 1.82) is 5.26 Å². The summed E-state index contributed by atoms with van der Waals surface area (Å²) in [6.07, 6.45) is 4.67. The smallest absolute Gasteiger partial charge is 0.240 e. The first-order chi connectivity index (χ1) is 14.8. The van der Waals surface area contributed by atoms with Gasteiger partial charge in [0.15, 0.2) is 0 Å². The number of nitrogens with zero attached hydrogens (tertiary/aromatic N) is 2. The van der Waals surface area contributed by atoms with Crippen LogP contribution in [0, 0.1) is 11.3 Å². The number of carbonyl (C=O) groups is 1. The van der Waals surface area contributed by atoms with Crippen molar-refractivity contribution in [1.82, 2.24) is 4.90 Å². The second-order valence-corrected chi connectivity index (χ2v) is 7.59. The fraction of sp³-hybridized carbons (Fsp3) is 0.280. The van der Waals surface area contributed by atoms with Gasteiger partial charge in [-0.15, -0.1) is 0 Å². The Morgan fingerprint density at radius 1 is 0.933 bits per heavy atom. The SMILES string of the molecule is N#Cc1c(NC(=O)CN2CCCCCC2)oc(-c2ccccc2)c1-c1ccccc1. The molecule has 1 N–H and O–H groups in total. The normalized spacial score (nSPS) is 14.6. The molecule has 0 aliphatic carbocycles. The van der Waals surface area contributed by atoms with Gasteiger partial charge in [0, 0.05) is 11.1 Å². The molecular formula is C25H25N3O2. The van der Waals surface area contributed by atoms with E-state index in [-0.39, 0.29) is 11.8 Å². The lowest BCUT2D eigenvalue weighted by atomic mass is 9.98. The second-order valence-electron chi connectivity index (χ2n) is 7.59. The maximum absolute atomic E-state index is 12.7. The van der Waals surface area contributed by atoms with Gasteiger partial charge in [-0.1, -0.05) is 73.5 Å². The Morgan fingerprint density at radius 2 is 1.53 bits per heavy atom. The monoisotopic (exact) mass is 399 g/mol. The maximum atomic E-state index is 12.7. The number of nitrogens with one attached hydrogen (secondary N) is 1. The van der Waals surface area contributed by atoms with Gasteiger partial charge in [0.25, 0.3) is 0 Å². The van der Waals surface area contributed by atoms with E-state index in [2.05, 4.69) is 16.3 Å². The zero-order chi connectivity index (χ0) is 20.8. The van der Waals surface area contributed by atoms with Gasteiger partial charge >= 0.3 is 0 Å². The Morgan fingerprint density at radius 3 is 2.13 bits per heavy atom. The largest absolute Gasteiger partial charge is 0.438 e. The van der Waals surface area contributed by atoms with Crippen LogP contribution in [0.3, 0.4) is 0 Å². The molecule has 1 aliphatic heterocycles. The third kappa shape index (κ3) is 4.45. The van der Waals surface area contributed by atoms with Gasteiger partial charge in [0.05, 0.1) is 6.54 Å². The summed E-state index contributed by atoms with van der Waals surface area (Å²) in [5.41, 5.74) is 2.80. The molecule has 4 rings (SSSR count). The van der Waals surface area contributed by atoms with E-state index in [1.165, 1.54) is 12.8 Å². The average molecular weight is 399 g/mol. The molecule has 2 heterocycles. The van der Waals surface area contributed by atoms with Crippen molar-refractivity contribution in [2.45, 2.75) is 25.7 Å². The van der Waals surface area contributed by atoms with Crippen LogP contribution in [0.25, 0.3) is 22.5 Å². The molecule has 0 unspecified atom stereocenters. The van der Waals surface area contributed by atoms with E-state index < -0.39 is 0 Å². The lowest BCUT2D eigenvalue weighted by molar-refractivity contribution is -0.117. The van der Waals surface area contributed by atoms with Gasteiger partial charge in [-0.25, -0.2) is 0 Å². The highest BCUT2D eigenvalue weighted by Crippen LogP contribution is 2.41. The summed E-state index contributed by atoms with van der Waals surface area (Å²) in [6, 6.07) is 21.6. The zero-order valence-corrected chi connectivity index (χ0v) is 16.9. The first kappa shape index (κ1) is 19.9.